The molecule has 2 rings (SSSR count). The lowest BCUT2D eigenvalue weighted by molar-refractivity contribution is 0.325. The molecule has 1 aliphatic rings. The lowest BCUT2D eigenvalue weighted by Crippen LogP contribution is -2.35. The molecular weight excluding hydrogens is 220 g/mol. The average molecular weight is 246 g/mol. The van der Waals surface area contributed by atoms with Gasteiger partial charge in [0.25, 0.3) is 0 Å². The minimum Gasteiger partial charge on any atom is -0.327 e. The number of rotatable bonds is 6. The lowest BCUT2D eigenvalue weighted by atomic mass is 9.82. The fraction of sp³-hybridized carbons (Fsp3) is 0.688. The van der Waals surface area contributed by atoms with E-state index in [4.69, 9.17) is 5.73 Å². The van der Waals surface area contributed by atoms with Gasteiger partial charge >= 0.3 is 0 Å². The minimum absolute atomic E-state index is 0.290. The zero-order valence-corrected chi connectivity index (χ0v) is 11.7. The van der Waals surface area contributed by atoms with Gasteiger partial charge in [-0.2, -0.15) is 0 Å². The highest BCUT2D eigenvalue weighted by atomic mass is 14.8. The summed E-state index contributed by atoms with van der Waals surface area (Å²) in [4.78, 5) is 4.58. The largest absolute Gasteiger partial charge is 0.327 e. The Bertz CT molecular complexity index is 375. The molecule has 0 amide bonds. The number of nitrogens with two attached hydrogens (primary N) is 1. The topological polar surface area (TPSA) is 38.9 Å². The number of hydrogen-bond acceptors (Lipinski definition) is 2. The summed E-state index contributed by atoms with van der Waals surface area (Å²) in [6.45, 7) is 4.53. The summed E-state index contributed by atoms with van der Waals surface area (Å²) in [5, 5.41) is 0. The molecule has 0 aliphatic heterocycles. The average Bonchev–Trinajstić information content (AvgIpc) is 2.83. The van der Waals surface area contributed by atoms with E-state index in [0.29, 0.717) is 11.8 Å². The van der Waals surface area contributed by atoms with Crippen molar-refractivity contribution in [3.8, 4) is 0 Å². The van der Waals surface area contributed by atoms with Crippen LogP contribution < -0.4 is 5.73 Å². The second kappa shape index (κ2) is 6.33. The number of hydrogen-bond donors (Lipinski definition) is 1. The Kier molecular flexibility index (Phi) is 4.76. The molecule has 0 radical (unpaired) electrons. The first kappa shape index (κ1) is 13.5. The molecule has 0 saturated heterocycles. The zero-order valence-electron chi connectivity index (χ0n) is 11.7. The van der Waals surface area contributed by atoms with Crippen molar-refractivity contribution in [2.75, 3.05) is 0 Å². The highest BCUT2D eigenvalue weighted by molar-refractivity contribution is 5.30. The Hall–Kier alpha value is -0.890. The van der Waals surface area contributed by atoms with E-state index in [0.717, 1.165) is 6.42 Å². The standard InChI is InChI=1S/C16H26N2/c1-3-5-7-12(4-2)15(17)14-10-9-13-8-6-11-18-16(13)14/h6,8,11-12,14-15H,3-5,7,9-10,17H2,1-2H3. The minimum atomic E-state index is 0.290. The maximum absolute atomic E-state index is 6.55. The molecule has 100 valence electrons. The Balaban J connectivity index is 2.07. The van der Waals surface area contributed by atoms with E-state index in [1.165, 1.54) is 43.4 Å². The Labute approximate surface area is 111 Å². The number of unbranched alkanes of at least 4 members (excludes halogenated alkanes) is 1. The highest BCUT2D eigenvalue weighted by Gasteiger charge is 2.32. The second-order valence-electron chi connectivity index (χ2n) is 5.58. The molecule has 2 heteroatoms. The van der Waals surface area contributed by atoms with E-state index in [2.05, 4.69) is 24.9 Å². The van der Waals surface area contributed by atoms with Crippen molar-refractivity contribution < 1.29 is 0 Å². The van der Waals surface area contributed by atoms with Crippen molar-refractivity contribution in [3.05, 3.63) is 29.6 Å². The van der Waals surface area contributed by atoms with E-state index in [1.807, 2.05) is 12.3 Å². The van der Waals surface area contributed by atoms with Crippen molar-refractivity contribution in [2.45, 2.75) is 64.3 Å². The van der Waals surface area contributed by atoms with Crippen molar-refractivity contribution in [3.63, 3.8) is 0 Å². The predicted octanol–water partition coefficient (Wildman–Crippen LogP) is 3.66. The first-order valence-electron chi connectivity index (χ1n) is 7.47. The molecule has 1 aromatic rings. The van der Waals surface area contributed by atoms with Gasteiger partial charge in [-0.05, 0) is 36.8 Å². The molecule has 0 bridgehead atoms. The van der Waals surface area contributed by atoms with Gasteiger partial charge in [-0.15, -0.1) is 0 Å². The van der Waals surface area contributed by atoms with Crippen molar-refractivity contribution >= 4 is 0 Å². The monoisotopic (exact) mass is 246 g/mol. The maximum Gasteiger partial charge on any atom is 0.0482 e. The van der Waals surface area contributed by atoms with E-state index in [1.54, 1.807) is 0 Å². The summed E-state index contributed by atoms with van der Waals surface area (Å²) in [7, 11) is 0. The van der Waals surface area contributed by atoms with Crippen LogP contribution in [0.1, 0.15) is 63.1 Å². The molecule has 0 saturated carbocycles. The van der Waals surface area contributed by atoms with Crippen LogP contribution in [0.15, 0.2) is 18.3 Å². The fourth-order valence-corrected chi connectivity index (χ4v) is 3.28. The smallest absolute Gasteiger partial charge is 0.0482 e. The number of fused-ring (bicyclic) bond motifs is 1. The summed E-state index contributed by atoms with van der Waals surface area (Å²) in [6, 6.07) is 4.54. The van der Waals surface area contributed by atoms with E-state index < -0.39 is 0 Å². The Morgan fingerprint density at radius 1 is 1.44 bits per heavy atom. The summed E-state index contributed by atoms with van der Waals surface area (Å²) in [5.74, 6) is 1.14. The van der Waals surface area contributed by atoms with Crippen LogP contribution >= 0.6 is 0 Å². The molecule has 18 heavy (non-hydrogen) atoms. The molecule has 0 aromatic carbocycles. The van der Waals surface area contributed by atoms with Crippen molar-refractivity contribution in [1.82, 2.24) is 4.98 Å². The van der Waals surface area contributed by atoms with Gasteiger partial charge in [-0.25, -0.2) is 0 Å². The first-order chi connectivity index (χ1) is 8.77. The number of nitrogens with zero attached hydrogens (tertiary/aromatic N) is 1. The van der Waals surface area contributed by atoms with Crippen LogP contribution in [-0.2, 0) is 6.42 Å². The lowest BCUT2D eigenvalue weighted by Gasteiger charge is -2.28. The molecule has 1 heterocycles. The normalized spacial score (nSPS) is 21.6. The van der Waals surface area contributed by atoms with Crippen LogP contribution in [0.3, 0.4) is 0 Å². The van der Waals surface area contributed by atoms with Gasteiger partial charge in [-0.1, -0.05) is 39.2 Å². The van der Waals surface area contributed by atoms with Crippen LogP contribution in [0.2, 0.25) is 0 Å². The molecule has 2 nitrogen and oxygen atoms in total. The van der Waals surface area contributed by atoms with Gasteiger partial charge in [0.2, 0.25) is 0 Å². The molecule has 2 N–H and O–H groups in total. The molecule has 0 spiro atoms. The molecule has 1 aromatic heterocycles. The second-order valence-corrected chi connectivity index (χ2v) is 5.58. The predicted molar refractivity (Wildman–Crippen MR) is 76.6 cm³/mol. The Morgan fingerprint density at radius 3 is 3.00 bits per heavy atom. The summed E-state index contributed by atoms with van der Waals surface area (Å²) in [6.07, 6.45) is 9.29. The first-order valence-corrected chi connectivity index (χ1v) is 7.47. The molecular formula is C16H26N2. The van der Waals surface area contributed by atoms with Crippen molar-refractivity contribution in [1.29, 1.82) is 0 Å². The number of aromatic nitrogens is 1. The molecule has 3 unspecified atom stereocenters. The van der Waals surface area contributed by atoms with Gasteiger partial charge in [0, 0.05) is 23.9 Å². The van der Waals surface area contributed by atoms with Crippen LogP contribution in [0.5, 0.6) is 0 Å². The van der Waals surface area contributed by atoms with Crippen LogP contribution in [0, 0.1) is 5.92 Å². The summed E-state index contributed by atoms with van der Waals surface area (Å²) < 4.78 is 0. The molecule has 0 fully saturated rings. The third kappa shape index (κ3) is 2.74. The van der Waals surface area contributed by atoms with Crippen LogP contribution in [-0.4, -0.2) is 11.0 Å². The van der Waals surface area contributed by atoms with E-state index >= 15 is 0 Å². The van der Waals surface area contributed by atoms with Gasteiger partial charge in [0.05, 0.1) is 0 Å². The Morgan fingerprint density at radius 2 is 2.28 bits per heavy atom. The van der Waals surface area contributed by atoms with Crippen LogP contribution in [0.25, 0.3) is 0 Å². The zero-order chi connectivity index (χ0) is 13.0. The number of aryl methyl sites for hydroxylation is 1. The molecule has 1 aliphatic carbocycles. The summed E-state index contributed by atoms with van der Waals surface area (Å²) in [5.41, 5.74) is 9.25. The highest BCUT2D eigenvalue weighted by Crippen LogP contribution is 2.36. The van der Waals surface area contributed by atoms with Gasteiger partial charge in [0.1, 0.15) is 0 Å². The SMILES string of the molecule is CCCCC(CC)C(N)C1CCc2cccnc21. The van der Waals surface area contributed by atoms with Gasteiger partial charge in [-0.3, -0.25) is 4.98 Å². The third-order valence-corrected chi connectivity index (χ3v) is 4.46. The number of pyridine rings is 1. The van der Waals surface area contributed by atoms with Crippen molar-refractivity contribution in [2.24, 2.45) is 11.7 Å². The van der Waals surface area contributed by atoms with E-state index in [9.17, 15) is 0 Å². The van der Waals surface area contributed by atoms with Gasteiger partial charge in [0.15, 0.2) is 0 Å². The van der Waals surface area contributed by atoms with Gasteiger partial charge < -0.3 is 5.73 Å². The quantitative estimate of drug-likeness (QED) is 0.832. The molecule has 3 atom stereocenters. The summed E-state index contributed by atoms with van der Waals surface area (Å²) >= 11 is 0. The fourth-order valence-electron chi connectivity index (χ4n) is 3.28. The van der Waals surface area contributed by atoms with Crippen LogP contribution in [0.4, 0.5) is 0 Å². The van der Waals surface area contributed by atoms with E-state index in [-0.39, 0.29) is 6.04 Å². The maximum atomic E-state index is 6.55. The third-order valence-electron chi connectivity index (χ3n) is 4.46.